The van der Waals surface area contributed by atoms with E-state index >= 15 is 0 Å². The minimum absolute atomic E-state index is 0.213. The van der Waals surface area contributed by atoms with Gasteiger partial charge in [0.2, 0.25) is 0 Å². The average Bonchev–Trinajstić information content (AvgIpc) is 2.50. The van der Waals surface area contributed by atoms with E-state index < -0.39 is 0 Å². The second-order valence-electron chi connectivity index (χ2n) is 4.72. The van der Waals surface area contributed by atoms with Crippen molar-refractivity contribution in [1.29, 1.82) is 0 Å². The van der Waals surface area contributed by atoms with Gasteiger partial charge in [0.05, 0.1) is 7.11 Å². The van der Waals surface area contributed by atoms with Crippen LogP contribution in [-0.2, 0) is 6.54 Å². The summed E-state index contributed by atoms with van der Waals surface area (Å²) >= 11 is 0. The van der Waals surface area contributed by atoms with E-state index in [4.69, 9.17) is 4.74 Å². The maximum absolute atomic E-state index is 10.1. The second-order valence-corrected chi connectivity index (χ2v) is 4.72. The van der Waals surface area contributed by atoms with Gasteiger partial charge >= 0.3 is 0 Å². The fourth-order valence-electron chi connectivity index (χ4n) is 2.29. The maximum atomic E-state index is 10.1. The molecule has 0 aliphatic carbocycles. The van der Waals surface area contributed by atoms with E-state index in [1.165, 1.54) is 5.56 Å². The molecule has 0 saturated carbocycles. The molecule has 2 N–H and O–H groups in total. The minimum Gasteiger partial charge on any atom is -0.504 e. The molecule has 0 amide bonds. The average molecular weight is 271 g/mol. The Bertz CT molecular complexity index is 540. The SMILES string of the molecule is CCC(NCc1cccc(OC)c1O)c1ccccc1. The van der Waals surface area contributed by atoms with Crippen molar-refractivity contribution in [2.45, 2.75) is 25.9 Å². The molecule has 1 unspecified atom stereocenters. The molecule has 0 radical (unpaired) electrons. The third-order valence-electron chi connectivity index (χ3n) is 3.45. The Morgan fingerprint density at radius 3 is 2.50 bits per heavy atom. The van der Waals surface area contributed by atoms with Crippen molar-refractivity contribution in [3.63, 3.8) is 0 Å². The Morgan fingerprint density at radius 2 is 1.85 bits per heavy atom. The molecular formula is C17H21NO2. The van der Waals surface area contributed by atoms with Gasteiger partial charge in [-0.25, -0.2) is 0 Å². The highest BCUT2D eigenvalue weighted by Gasteiger charge is 2.11. The molecule has 1 atom stereocenters. The lowest BCUT2D eigenvalue weighted by Gasteiger charge is -2.18. The Morgan fingerprint density at radius 1 is 1.10 bits per heavy atom. The van der Waals surface area contributed by atoms with Crippen molar-refractivity contribution in [3.8, 4) is 11.5 Å². The van der Waals surface area contributed by atoms with Gasteiger partial charge in [0.25, 0.3) is 0 Å². The highest BCUT2D eigenvalue weighted by atomic mass is 16.5. The van der Waals surface area contributed by atoms with Crippen LogP contribution in [0.3, 0.4) is 0 Å². The number of phenols is 1. The van der Waals surface area contributed by atoms with Gasteiger partial charge in [-0.15, -0.1) is 0 Å². The quantitative estimate of drug-likeness (QED) is 0.842. The Kier molecular flexibility index (Phi) is 5.02. The van der Waals surface area contributed by atoms with Crippen molar-refractivity contribution in [2.24, 2.45) is 0 Å². The van der Waals surface area contributed by atoms with E-state index in [2.05, 4.69) is 24.4 Å². The van der Waals surface area contributed by atoms with Crippen molar-refractivity contribution >= 4 is 0 Å². The molecule has 0 heterocycles. The third kappa shape index (κ3) is 3.31. The fourth-order valence-corrected chi connectivity index (χ4v) is 2.29. The largest absolute Gasteiger partial charge is 0.504 e. The van der Waals surface area contributed by atoms with Crippen molar-refractivity contribution in [2.75, 3.05) is 7.11 Å². The first-order valence-corrected chi connectivity index (χ1v) is 6.89. The van der Waals surface area contributed by atoms with Crippen LogP contribution >= 0.6 is 0 Å². The highest BCUT2D eigenvalue weighted by Crippen LogP contribution is 2.29. The number of rotatable bonds is 6. The lowest BCUT2D eigenvalue weighted by molar-refractivity contribution is 0.368. The number of nitrogens with one attached hydrogen (secondary N) is 1. The van der Waals surface area contributed by atoms with Gasteiger partial charge in [-0.1, -0.05) is 49.4 Å². The number of phenolic OH excluding ortho intramolecular Hbond substituents is 1. The lowest BCUT2D eigenvalue weighted by atomic mass is 10.0. The lowest BCUT2D eigenvalue weighted by Crippen LogP contribution is -2.20. The summed E-state index contributed by atoms with van der Waals surface area (Å²) in [6.45, 7) is 2.76. The molecule has 20 heavy (non-hydrogen) atoms. The number of benzene rings is 2. The van der Waals surface area contributed by atoms with Crippen LogP contribution in [-0.4, -0.2) is 12.2 Å². The topological polar surface area (TPSA) is 41.5 Å². The Labute approximate surface area is 120 Å². The van der Waals surface area contributed by atoms with E-state index in [9.17, 15) is 5.11 Å². The van der Waals surface area contributed by atoms with Crippen LogP contribution in [0.4, 0.5) is 0 Å². The summed E-state index contributed by atoms with van der Waals surface area (Å²) < 4.78 is 5.13. The van der Waals surface area contributed by atoms with Crippen LogP contribution in [0.2, 0.25) is 0 Å². The maximum Gasteiger partial charge on any atom is 0.162 e. The fraction of sp³-hybridized carbons (Fsp3) is 0.294. The van der Waals surface area contributed by atoms with Crippen LogP contribution in [0, 0.1) is 0 Å². The summed E-state index contributed by atoms with van der Waals surface area (Å²) in [4.78, 5) is 0. The first kappa shape index (κ1) is 14.4. The molecular weight excluding hydrogens is 250 g/mol. The molecule has 0 bridgehead atoms. The Balaban J connectivity index is 2.08. The normalized spacial score (nSPS) is 12.1. The van der Waals surface area contributed by atoms with Gasteiger partial charge in [0.15, 0.2) is 11.5 Å². The third-order valence-corrected chi connectivity index (χ3v) is 3.45. The van der Waals surface area contributed by atoms with Crippen LogP contribution in [0.1, 0.15) is 30.5 Å². The smallest absolute Gasteiger partial charge is 0.162 e. The predicted molar refractivity (Wildman–Crippen MR) is 81.0 cm³/mol. The van der Waals surface area contributed by atoms with Crippen molar-refractivity contribution in [3.05, 3.63) is 59.7 Å². The molecule has 0 fully saturated rings. The molecule has 2 rings (SSSR count). The zero-order valence-electron chi connectivity index (χ0n) is 12.0. The van der Waals surface area contributed by atoms with Gasteiger partial charge < -0.3 is 15.2 Å². The number of hydrogen-bond acceptors (Lipinski definition) is 3. The Hall–Kier alpha value is -2.00. The number of hydrogen-bond donors (Lipinski definition) is 2. The molecule has 3 heteroatoms. The summed E-state index contributed by atoms with van der Waals surface area (Å²) in [6.07, 6.45) is 0.995. The molecule has 0 aliphatic rings. The number of para-hydroxylation sites is 1. The van der Waals surface area contributed by atoms with Crippen LogP contribution in [0.5, 0.6) is 11.5 Å². The van der Waals surface area contributed by atoms with Gasteiger partial charge in [0.1, 0.15) is 0 Å². The zero-order valence-corrected chi connectivity index (χ0v) is 12.0. The van der Waals surface area contributed by atoms with Gasteiger partial charge in [0, 0.05) is 18.2 Å². The number of methoxy groups -OCH3 is 1. The molecule has 2 aromatic carbocycles. The standard InChI is InChI=1S/C17H21NO2/c1-3-15(13-8-5-4-6-9-13)18-12-14-10-7-11-16(20-2)17(14)19/h4-11,15,18-19H,3,12H2,1-2H3. The van der Waals surface area contributed by atoms with Crippen molar-refractivity contribution in [1.82, 2.24) is 5.32 Å². The summed E-state index contributed by atoms with van der Waals surface area (Å²) in [5, 5.41) is 13.6. The van der Waals surface area contributed by atoms with Crippen LogP contribution in [0.25, 0.3) is 0 Å². The zero-order chi connectivity index (χ0) is 14.4. The summed E-state index contributed by atoms with van der Waals surface area (Å²) in [5.74, 6) is 0.725. The molecule has 0 spiro atoms. The van der Waals surface area contributed by atoms with E-state index in [0.29, 0.717) is 12.3 Å². The molecule has 0 aliphatic heterocycles. The summed E-state index contributed by atoms with van der Waals surface area (Å²) in [7, 11) is 1.56. The van der Waals surface area contributed by atoms with E-state index in [-0.39, 0.29) is 11.8 Å². The first-order chi connectivity index (χ1) is 9.76. The van der Waals surface area contributed by atoms with Gasteiger partial charge in [-0.05, 0) is 18.1 Å². The van der Waals surface area contributed by atoms with Gasteiger partial charge in [-0.2, -0.15) is 0 Å². The van der Waals surface area contributed by atoms with Crippen molar-refractivity contribution < 1.29 is 9.84 Å². The second kappa shape index (κ2) is 6.96. The van der Waals surface area contributed by atoms with E-state index in [0.717, 1.165) is 12.0 Å². The molecule has 106 valence electrons. The molecule has 0 aromatic heterocycles. The molecule has 3 nitrogen and oxygen atoms in total. The highest BCUT2D eigenvalue weighted by molar-refractivity contribution is 5.45. The molecule has 2 aromatic rings. The monoisotopic (exact) mass is 271 g/mol. The molecule has 0 saturated heterocycles. The van der Waals surface area contributed by atoms with E-state index in [1.54, 1.807) is 13.2 Å². The number of ether oxygens (including phenoxy) is 1. The van der Waals surface area contributed by atoms with Crippen LogP contribution in [0.15, 0.2) is 48.5 Å². The first-order valence-electron chi connectivity index (χ1n) is 6.89. The summed E-state index contributed by atoms with van der Waals surface area (Å²) in [5.41, 5.74) is 2.11. The predicted octanol–water partition coefficient (Wildman–Crippen LogP) is 3.64. The minimum atomic E-state index is 0.213. The van der Waals surface area contributed by atoms with E-state index in [1.807, 2.05) is 30.3 Å². The number of aromatic hydroxyl groups is 1. The summed E-state index contributed by atoms with van der Waals surface area (Å²) in [6, 6.07) is 16.2. The van der Waals surface area contributed by atoms with Crippen LogP contribution < -0.4 is 10.1 Å². The van der Waals surface area contributed by atoms with Gasteiger partial charge in [-0.3, -0.25) is 0 Å².